The molecule has 0 atom stereocenters. The van der Waals surface area contributed by atoms with Crippen molar-refractivity contribution in [3.05, 3.63) is 49.8 Å². The van der Waals surface area contributed by atoms with E-state index in [9.17, 15) is 4.39 Å². The van der Waals surface area contributed by atoms with Crippen molar-refractivity contribution in [1.82, 2.24) is 0 Å². The summed E-state index contributed by atoms with van der Waals surface area (Å²) >= 11 is 10.5. The Labute approximate surface area is 110 Å². The lowest BCUT2D eigenvalue weighted by Crippen LogP contribution is -1.93. The van der Waals surface area contributed by atoms with Crippen LogP contribution in [-0.4, -0.2) is 0 Å². The standard InChI is InChI=1S/C11H7BrClFOS/c12-7-3-9(16-6-7)5-15-8-1-2-10(13)11(14)4-8/h1-4,6H,5H2. The zero-order valence-corrected chi connectivity index (χ0v) is 11.2. The van der Waals surface area contributed by atoms with Gasteiger partial charge in [0.1, 0.15) is 18.2 Å². The first-order valence-corrected chi connectivity index (χ1v) is 6.51. The van der Waals surface area contributed by atoms with Crippen LogP contribution in [0.2, 0.25) is 5.02 Å². The summed E-state index contributed by atoms with van der Waals surface area (Å²) in [7, 11) is 0. The Morgan fingerprint density at radius 2 is 2.19 bits per heavy atom. The highest BCUT2D eigenvalue weighted by Gasteiger charge is 2.03. The molecule has 0 spiro atoms. The summed E-state index contributed by atoms with van der Waals surface area (Å²) in [6.45, 7) is 0.428. The minimum Gasteiger partial charge on any atom is -0.488 e. The van der Waals surface area contributed by atoms with E-state index in [0.717, 1.165) is 9.35 Å². The van der Waals surface area contributed by atoms with Gasteiger partial charge in [-0.1, -0.05) is 11.6 Å². The molecule has 0 radical (unpaired) electrons. The quantitative estimate of drug-likeness (QED) is 0.782. The number of ether oxygens (including phenoxy) is 1. The second-order valence-corrected chi connectivity index (χ2v) is 5.41. The zero-order valence-electron chi connectivity index (χ0n) is 8.04. The maximum Gasteiger partial charge on any atom is 0.145 e. The third kappa shape index (κ3) is 2.97. The van der Waals surface area contributed by atoms with Crippen molar-refractivity contribution in [3.63, 3.8) is 0 Å². The molecule has 0 aliphatic heterocycles. The average Bonchev–Trinajstić information content (AvgIpc) is 2.66. The predicted octanol–water partition coefficient (Wildman–Crippen LogP) is 4.88. The summed E-state index contributed by atoms with van der Waals surface area (Å²) in [6, 6.07) is 6.38. The van der Waals surface area contributed by atoms with Crippen molar-refractivity contribution in [3.8, 4) is 5.75 Å². The average molecular weight is 322 g/mol. The first-order valence-electron chi connectivity index (χ1n) is 4.46. The maximum atomic E-state index is 13.1. The van der Waals surface area contributed by atoms with E-state index in [1.165, 1.54) is 12.1 Å². The number of rotatable bonds is 3. The third-order valence-electron chi connectivity index (χ3n) is 1.89. The lowest BCUT2D eigenvalue weighted by Gasteiger charge is -2.04. The fraction of sp³-hybridized carbons (Fsp3) is 0.0909. The van der Waals surface area contributed by atoms with Gasteiger partial charge in [0.25, 0.3) is 0 Å². The topological polar surface area (TPSA) is 9.23 Å². The van der Waals surface area contributed by atoms with E-state index in [-0.39, 0.29) is 5.02 Å². The van der Waals surface area contributed by atoms with Crippen LogP contribution in [0.25, 0.3) is 0 Å². The highest BCUT2D eigenvalue weighted by molar-refractivity contribution is 9.10. The molecule has 0 fully saturated rings. The van der Waals surface area contributed by atoms with Crippen LogP contribution < -0.4 is 4.74 Å². The van der Waals surface area contributed by atoms with Gasteiger partial charge in [0, 0.05) is 20.8 Å². The molecule has 1 heterocycles. The molecule has 84 valence electrons. The van der Waals surface area contributed by atoms with Crippen LogP contribution in [0.3, 0.4) is 0 Å². The van der Waals surface area contributed by atoms with Crippen molar-refractivity contribution >= 4 is 38.9 Å². The summed E-state index contributed by atoms with van der Waals surface area (Å²) in [5, 5.41) is 2.08. The molecule has 2 aromatic rings. The largest absolute Gasteiger partial charge is 0.488 e. The van der Waals surface area contributed by atoms with Crippen molar-refractivity contribution in [2.24, 2.45) is 0 Å². The molecule has 0 amide bonds. The van der Waals surface area contributed by atoms with Crippen LogP contribution in [-0.2, 0) is 6.61 Å². The van der Waals surface area contributed by atoms with E-state index in [4.69, 9.17) is 16.3 Å². The molecule has 2 rings (SSSR count). The van der Waals surface area contributed by atoms with Gasteiger partial charge in [-0.15, -0.1) is 11.3 Å². The lowest BCUT2D eigenvalue weighted by atomic mass is 10.3. The molecule has 0 aliphatic carbocycles. The van der Waals surface area contributed by atoms with Gasteiger partial charge in [0.2, 0.25) is 0 Å². The Balaban J connectivity index is 2.02. The smallest absolute Gasteiger partial charge is 0.145 e. The fourth-order valence-electron chi connectivity index (χ4n) is 1.15. The normalized spacial score (nSPS) is 10.4. The molecule has 1 aromatic carbocycles. The van der Waals surface area contributed by atoms with Gasteiger partial charge in [-0.2, -0.15) is 0 Å². The highest BCUT2D eigenvalue weighted by atomic mass is 79.9. The molecule has 1 nitrogen and oxygen atoms in total. The van der Waals surface area contributed by atoms with Crippen molar-refractivity contribution in [2.75, 3.05) is 0 Å². The number of benzene rings is 1. The van der Waals surface area contributed by atoms with E-state index in [1.54, 1.807) is 17.4 Å². The van der Waals surface area contributed by atoms with Crippen LogP contribution in [0.1, 0.15) is 4.88 Å². The molecule has 1 aromatic heterocycles. The monoisotopic (exact) mass is 320 g/mol. The summed E-state index contributed by atoms with van der Waals surface area (Å²) in [4.78, 5) is 1.07. The predicted molar refractivity (Wildman–Crippen MR) is 67.8 cm³/mol. The van der Waals surface area contributed by atoms with Crippen molar-refractivity contribution in [2.45, 2.75) is 6.61 Å². The molecule has 0 N–H and O–H groups in total. The first-order chi connectivity index (χ1) is 7.65. The van der Waals surface area contributed by atoms with Crippen LogP contribution >= 0.6 is 38.9 Å². The maximum absolute atomic E-state index is 13.1. The summed E-state index contributed by atoms with van der Waals surface area (Å²) in [5.41, 5.74) is 0. The summed E-state index contributed by atoms with van der Waals surface area (Å²) in [5.74, 6) is 0.0120. The van der Waals surface area contributed by atoms with E-state index < -0.39 is 5.82 Å². The van der Waals surface area contributed by atoms with Crippen LogP contribution in [0.15, 0.2) is 34.1 Å². The summed E-state index contributed by atoms with van der Waals surface area (Å²) in [6.07, 6.45) is 0. The number of thiophene rings is 1. The zero-order chi connectivity index (χ0) is 11.5. The van der Waals surface area contributed by atoms with E-state index in [1.807, 2.05) is 11.4 Å². The minimum absolute atomic E-state index is 0.103. The van der Waals surface area contributed by atoms with Crippen molar-refractivity contribution in [1.29, 1.82) is 0 Å². The van der Waals surface area contributed by atoms with E-state index in [0.29, 0.717) is 12.4 Å². The molecule has 0 saturated heterocycles. The van der Waals surface area contributed by atoms with Gasteiger partial charge in [-0.25, -0.2) is 4.39 Å². The van der Waals surface area contributed by atoms with Gasteiger partial charge in [0.05, 0.1) is 5.02 Å². The molecule has 16 heavy (non-hydrogen) atoms. The van der Waals surface area contributed by atoms with Gasteiger partial charge < -0.3 is 4.74 Å². The molecule has 0 saturated carbocycles. The Morgan fingerprint density at radius 1 is 1.38 bits per heavy atom. The Morgan fingerprint density at radius 3 is 2.81 bits per heavy atom. The molecule has 5 heteroatoms. The number of hydrogen-bond acceptors (Lipinski definition) is 2. The van der Waals surface area contributed by atoms with Gasteiger partial charge in [-0.3, -0.25) is 0 Å². The molecular weight excluding hydrogens is 315 g/mol. The molecular formula is C11H7BrClFOS. The molecule has 0 bridgehead atoms. The third-order valence-corrected chi connectivity index (χ3v) is 3.87. The molecule has 0 unspecified atom stereocenters. The van der Waals surface area contributed by atoms with Crippen LogP contribution in [0, 0.1) is 5.82 Å². The second kappa shape index (κ2) is 5.17. The minimum atomic E-state index is -0.466. The van der Waals surface area contributed by atoms with Gasteiger partial charge in [-0.05, 0) is 34.1 Å². The van der Waals surface area contributed by atoms with Gasteiger partial charge in [0.15, 0.2) is 0 Å². The second-order valence-electron chi connectivity index (χ2n) is 3.10. The number of hydrogen-bond donors (Lipinski definition) is 0. The summed E-state index contributed by atoms with van der Waals surface area (Å²) < 4.78 is 19.6. The SMILES string of the molecule is Fc1cc(OCc2cc(Br)cs2)ccc1Cl. The Hall–Kier alpha value is -0.580. The first kappa shape index (κ1) is 11.9. The lowest BCUT2D eigenvalue weighted by molar-refractivity contribution is 0.308. The van der Waals surface area contributed by atoms with E-state index in [2.05, 4.69) is 15.9 Å². The fourth-order valence-corrected chi connectivity index (χ4v) is 2.63. The Bertz CT molecular complexity index is 500. The van der Waals surface area contributed by atoms with Crippen molar-refractivity contribution < 1.29 is 9.13 Å². The van der Waals surface area contributed by atoms with Crippen LogP contribution in [0.4, 0.5) is 4.39 Å². The molecule has 0 aliphatic rings. The van der Waals surface area contributed by atoms with E-state index >= 15 is 0 Å². The van der Waals surface area contributed by atoms with Crippen LogP contribution in [0.5, 0.6) is 5.75 Å². The Kier molecular flexibility index (Phi) is 3.84. The van der Waals surface area contributed by atoms with Gasteiger partial charge >= 0.3 is 0 Å². The number of halogens is 3. The highest BCUT2D eigenvalue weighted by Crippen LogP contribution is 2.24.